The molecule has 0 bridgehead atoms. The maximum atomic E-state index is 14.6. The summed E-state index contributed by atoms with van der Waals surface area (Å²) in [4.78, 5) is 0.472. The number of aromatic hydroxyl groups is 2. The van der Waals surface area contributed by atoms with Gasteiger partial charge in [0.05, 0.1) is 0 Å². The normalized spacial score (nSPS) is 15.3. The molecule has 1 aromatic heterocycles. The van der Waals surface area contributed by atoms with E-state index in [0.717, 1.165) is 22.8 Å². The molecule has 1 aliphatic carbocycles. The summed E-state index contributed by atoms with van der Waals surface area (Å²) in [6, 6.07) is 9.54. The van der Waals surface area contributed by atoms with Crippen LogP contribution in [0.2, 0.25) is 0 Å². The number of thiophene rings is 1. The van der Waals surface area contributed by atoms with Gasteiger partial charge in [0.1, 0.15) is 16.7 Å². The van der Waals surface area contributed by atoms with E-state index in [-0.39, 0.29) is 11.3 Å². The average Bonchev–Trinajstić information content (AvgIpc) is 3.23. The van der Waals surface area contributed by atoms with E-state index in [4.69, 9.17) is 0 Å². The molecule has 134 valence electrons. The van der Waals surface area contributed by atoms with E-state index in [1.807, 2.05) is 6.92 Å². The van der Waals surface area contributed by atoms with Gasteiger partial charge in [-0.2, -0.15) is 9.65 Å². The van der Waals surface area contributed by atoms with E-state index in [1.54, 1.807) is 29.7 Å². The minimum absolute atomic E-state index is 0.0143. The zero-order valence-corrected chi connectivity index (χ0v) is 14.9. The topological polar surface area (TPSA) is 64.2 Å². The van der Waals surface area contributed by atoms with Crippen molar-refractivity contribution in [2.75, 3.05) is 0 Å². The Labute approximate surface area is 158 Å². The molecule has 0 aliphatic heterocycles. The molecule has 2 aromatic carbocycles. The van der Waals surface area contributed by atoms with Crippen LogP contribution < -0.4 is 0 Å². The first-order valence-corrected chi connectivity index (χ1v) is 9.00. The Balaban J connectivity index is 2.01. The van der Waals surface area contributed by atoms with Crippen LogP contribution in [0.25, 0.3) is 11.6 Å². The molecule has 0 fully saturated rings. The second-order valence-corrected chi connectivity index (χ2v) is 7.29. The third-order valence-electron chi connectivity index (χ3n) is 4.81. The number of allylic oxidation sites excluding steroid dienone is 1. The SMILES string of the molecule is Cc1cc(O)cc2c1C=C(c1ccc(O)c(F)c1F)C2c1ccsc1C#N. The molecule has 0 spiro atoms. The summed E-state index contributed by atoms with van der Waals surface area (Å²) in [5.41, 5.74) is 3.48. The molecule has 27 heavy (non-hydrogen) atoms. The zero-order chi connectivity index (χ0) is 19.3. The third-order valence-corrected chi connectivity index (χ3v) is 5.64. The van der Waals surface area contributed by atoms with Gasteiger partial charge in [0.25, 0.3) is 0 Å². The minimum atomic E-state index is -1.31. The Hall–Kier alpha value is -3.17. The van der Waals surface area contributed by atoms with Crippen LogP contribution in [0.1, 0.15) is 38.6 Å². The smallest absolute Gasteiger partial charge is 0.200 e. The zero-order valence-electron chi connectivity index (χ0n) is 14.1. The highest BCUT2D eigenvalue weighted by Gasteiger charge is 2.33. The standard InChI is InChI=1S/C21H13F2NO2S/c1-10-6-11(25)7-15-14(10)8-16(12-2-3-17(26)21(23)20(12)22)19(15)13-4-5-27-18(13)9-24/h2-8,19,25-26H,1H3. The van der Waals surface area contributed by atoms with Gasteiger partial charge in [-0.05, 0) is 76.5 Å². The van der Waals surface area contributed by atoms with Crippen molar-refractivity contribution in [2.24, 2.45) is 0 Å². The Morgan fingerprint density at radius 2 is 1.85 bits per heavy atom. The molecule has 1 atom stereocenters. The minimum Gasteiger partial charge on any atom is -0.508 e. The summed E-state index contributed by atoms with van der Waals surface area (Å²) >= 11 is 1.27. The van der Waals surface area contributed by atoms with Crippen molar-refractivity contribution in [2.45, 2.75) is 12.8 Å². The summed E-state index contributed by atoms with van der Waals surface area (Å²) in [5.74, 6) is -3.67. The highest BCUT2D eigenvalue weighted by molar-refractivity contribution is 7.10. The average molecular weight is 381 g/mol. The molecule has 4 rings (SSSR count). The lowest BCUT2D eigenvalue weighted by Crippen LogP contribution is -2.04. The van der Waals surface area contributed by atoms with Crippen LogP contribution in [0.3, 0.4) is 0 Å². The quantitative estimate of drug-likeness (QED) is 0.633. The largest absolute Gasteiger partial charge is 0.508 e. The fraction of sp³-hybridized carbons (Fsp3) is 0.0952. The van der Waals surface area contributed by atoms with Crippen molar-refractivity contribution < 1.29 is 19.0 Å². The summed E-state index contributed by atoms with van der Waals surface area (Å²) in [7, 11) is 0. The van der Waals surface area contributed by atoms with Crippen molar-refractivity contribution in [1.82, 2.24) is 0 Å². The first-order valence-electron chi connectivity index (χ1n) is 8.12. The van der Waals surface area contributed by atoms with Gasteiger partial charge in [-0.1, -0.05) is 0 Å². The monoisotopic (exact) mass is 381 g/mol. The molecular formula is C21H13F2NO2S. The Morgan fingerprint density at radius 1 is 1.07 bits per heavy atom. The van der Waals surface area contributed by atoms with E-state index in [1.165, 1.54) is 17.4 Å². The van der Waals surface area contributed by atoms with Gasteiger partial charge in [-0.15, -0.1) is 11.3 Å². The van der Waals surface area contributed by atoms with Gasteiger partial charge in [-0.25, -0.2) is 4.39 Å². The van der Waals surface area contributed by atoms with Gasteiger partial charge in [0, 0.05) is 11.5 Å². The van der Waals surface area contributed by atoms with Crippen LogP contribution in [0, 0.1) is 29.9 Å². The van der Waals surface area contributed by atoms with Crippen LogP contribution in [-0.2, 0) is 0 Å². The molecule has 1 unspecified atom stereocenters. The maximum Gasteiger partial charge on any atom is 0.200 e. The maximum absolute atomic E-state index is 14.6. The number of hydrogen-bond acceptors (Lipinski definition) is 4. The van der Waals surface area contributed by atoms with Crippen LogP contribution in [0.4, 0.5) is 8.78 Å². The van der Waals surface area contributed by atoms with E-state index >= 15 is 0 Å². The molecule has 0 radical (unpaired) electrons. The van der Waals surface area contributed by atoms with Gasteiger partial charge in [0.15, 0.2) is 11.6 Å². The second-order valence-electron chi connectivity index (χ2n) is 6.38. The lowest BCUT2D eigenvalue weighted by molar-refractivity contribution is 0.406. The number of phenolic OH excluding ortho intramolecular Hbond substituents is 2. The number of hydrogen-bond donors (Lipinski definition) is 2. The van der Waals surface area contributed by atoms with E-state index in [9.17, 15) is 24.3 Å². The first-order chi connectivity index (χ1) is 12.9. The number of fused-ring (bicyclic) bond motifs is 1. The summed E-state index contributed by atoms with van der Waals surface area (Å²) in [5, 5.41) is 30.7. The fourth-order valence-electron chi connectivity index (χ4n) is 3.62. The van der Waals surface area contributed by atoms with Gasteiger partial charge >= 0.3 is 0 Å². The van der Waals surface area contributed by atoms with Crippen molar-refractivity contribution >= 4 is 23.0 Å². The number of halogens is 2. The summed E-state index contributed by atoms with van der Waals surface area (Å²) in [6.45, 7) is 1.82. The number of rotatable bonds is 2. The van der Waals surface area contributed by atoms with Gasteiger partial charge < -0.3 is 10.2 Å². The first kappa shape index (κ1) is 17.3. The van der Waals surface area contributed by atoms with E-state index < -0.39 is 23.3 Å². The molecule has 0 saturated heterocycles. The van der Waals surface area contributed by atoms with Crippen LogP contribution in [-0.4, -0.2) is 10.2 Å². The van der Waals surface area contributed by atoms with Crippen molar-refractivity contribution in [3.63, 3.8) is 0 Å². The number of benzene rings is 2. The number of phenols is 2. The van der Waals surface area contributed by atoms with E-state index in [2.05, 4.69) is 6.07 Å². The molecule has 1 heterocycles. The molecule has 2 N–H and O–H groups in total. The molecule has 3 nitrogen and oxygen atoms in total. The number of aryl methyl sites for hydroxylation is 1. The summed E-state index contributed by atoms with van der Waals surface area (Å²) < 4.78 is 28.6. The van der Waals surface area contributed by atoms with Crippen molar-refractivity contribution in [1.29, 1.82) is 5.26 Å². The molecule has 3 aromatic rings. The lowest BCUT2D eigenvalue weighted by Gasteiger charge is -2.18. The van der Waals surface area contributed by atoms with Crippen LogP contribution >= 0.6 is 11.3 Å². The lowest BCUT2D eigenvalue weighted by atomic mass is 9.85. The summed E-state index contributed by atoms with van der Waals surface area (Å²) in [6.07, 6.45) is 1.75. The highest BCUT2D eigenvalue weighted by Crippen LogP contribution is 2.50. The molecule has 6 heteroatoms. The predicted octanol–water partition coefficient (Wildman–Crippen LogP) is 5.30. The third kappa shape index (κ3) is 2.59. The molecular weight excluding hydrogens is 368 g/mol. The number of nitriles is 1. The highest BCUT2D eigenvalue weighted by atomic mass is 32.1. The van der Waals surface area contributed by atoms with Crippen LogP contribution in [0.15, 0.2) is 35.7 Å². The Bertz CT molecular complexity index is 1160. The van der Waals surface area contributed by atoms with E-state index in [0.29, 0.717) is 16.0 Å². The Kier molecular flexibility index (Phi) is 3.97. The molecule has 0 saturated carbocycles. The second kappa shape index (κ2) is 6.22. The predicted molar refractivity (Wildman–Crippen MR) is 99.6 cm³/mol. The van der Waals surface area contributed by atoms with Crippen molar-refractivity contribution in [3.05, 3.63) is 80.0 Å². The van der Waals surface area contributed by atoms with Gasteiger partial charge in [0.2, 0.25) is 5.82 Å². The molecule has 1 aliphatic rings. The van der Waals surface area contributed by atoms with Gasteiger partial charge in [-0.3, -0.25) is 0 Å². The Morgan fingerprint density at radius 3 is 2.59 bits per heavy atom. The van der Waals surface area contributed by atoms with Crippen LogP contribution in [0.5, 0.6) is 11.5 Å². The fourth-order valence-corrected chi connectivity index (χ4v) is 4.34. The van der Waals surface area contributed by atoms with Crippen molar-refractivity contribution in [3.8, 4) is 17.6 Å². The number of nitrogens with zero attached hydrogens (tertiary/aromatic N) is 1. The molecule has 0 amide bonds.